The Morgan fingerprint density at radius 2 is 1.61 bits per heavy atom. The molecule has 0 amide bonds. The lowest BCUT2D eigenvalue weighted by Crippen LogP contribution is -2.25. The molecule has 1 aliphatic heterocycles. The first-order chi connectivity index (χ1) is 17.8. The second kappa shape index (κ2) is 10.4. The van der Waals surface area contributed by atoms with Gasteiger partial charge >= 0.3 is 12.4 Å². The highest BCUT2D eigenvalue weighted by molar-refractivity contribution is 5.98. The fraction of sp³-hybridized carbons (Fsp3) is 0.407. The van der Waals surface area contributed by atoms with Crippen molar-refractivity contribution in [3.05, 3.63) is 81.8 Å². The Morgan fingerprint density at radius 1 is 1.00 bits per heavy atom. The zero-order chi connectivity index (χ0) is 27.8. The number of alkyl halides is 6. The number of hydrogen-bond donors (Lipinski definition) is 0. The van der Waals surface area contributed by atoms with Crippen molar-refractivity contribution in [3.8, 4) is 6.07 Å². The van der Waals surface area contributed by atoms with E-state index in [9.17, 15) is 35.5 Å². The summed E-state index contributed by atoms with van der Waals surface area (Å²) >= 11 is 0. The predicted molar refractivity (Wildman–Crippen MR) is 122 cm³/mol. The fourth-order valence-electron chi connectivity index (χ4n) is 5.04. The largest absolute Gasteiger partial charge is 0.416 e. The van der Waals surface area contributed by atoms with Crippen molar-refractivity contribution in [2.45, 2.75) is 56.7 Å². The van der Waals surface area contributed by atoms with E-state index < -0.39 is 47.4 Å². The molecule has 1 heterocycles. The number of benzene rings is 2. The Labute approximate surface area is 214 Å². The number of likely N-dealkylation sites (tertiary alicyclic amines) is 1. The molecule has 2 aliphatic rings. The van der Waals surface area contributed by atoms with Gasteiger partial charge in [0, 0.05) is 36.7 Å². The van der Waals surface area contributed by atoms with Crippen molar-refractivity contribution in [1.29, 1.82) is 5.26 Å². The van der Waals surface area contributed by atoms with E-state index in [-0.39, 0.29) is 36.8 Å². The molecule has 0 aromatic heterocycles. The monoisotopic (exact) mass is 540 g/mol. The van der Waals surface area contributed by atoms with Gasteiger partial charge < -0.3 is 9.64 Å². The van der Waals surface area contributed by atoms with Crippen LogP contribution in [0.5, 0.6) is 0 Å². The van der Waals surface area contributed by atoms with Crippen LogP contribution in [0.4, 0.5) is 30.7 Å². The van der Waals surface area contributed by atoms with Gasteiger partial charge in [0.2, 0.25) is 0 Å². The summed E-state index contributed by atoms with van der Waals surface area (Å²) in [6.45, 7) is 1.88. The molecule has 0 radical (unpaired) electrons. The Hall–Kier alpha value is -3.39. The summed E-state index contributed by atoms with van der Waals surface area (Å²) in [7, 11) is 0. The molecule has 2 aromatic rings. The van der Waals surface area contributed by atoms with Crippen molar-refractivity contribution >= 4 is 5.78 Å². The standard InChI is InChI=1S/C27H23F7N2O2/c1-15(17-10-18(26(29,30)31)12-19(11-17)27(32,33)34)38-25-14-36(23-6-7-24(37)21(23)8-9-35)13-22(25)16-2-4-20(28)5-3-16/h2-5,10-12,15,22,25H,6-8,13-14H2,1H3/t15-,22-,25+/m1/s1. The van der Waals surface area contributed by atoms with Crippen molar-refractivity contribution in [2.75, 3.05) is 13.1 Å². The number of carbonyl (C=O) groups is 1. The van der Waals surface area contributed by atoms with E-state index in [0.29, 0.717) is 41.9 Å². The molecule has 0 N–H and O–H groups in total. The molecule has 2 aromatic carbocycles. The Kier molecular flexibility index (Phi) is 7.57. The number of allylic oxidation sites excluding steroid dienone is 2. The molecule has 0 bridgehead atoms. The minimum absolute atomic E-state index is 0.0646. The smallest absolute Gasteiger partial charge is 0.371 e. The van der Waals surface area contributed by atoms with Crippen LogP contribution in [0.1, 0.15) is 60.5 Å². The minimum atomic E-state index is -4.99. The van der Waals surface area contributed by atoms with Crippen molar-refractivity contribution in [1.82, 2.24) is 4.90 Å². The molecule has 4 rings (SSSR count). The van der Waals surface area contributed by atoms with Gasteiger partial charge in [0.15, 0.2) is 5.78 Å². The maximum Gasteiger partial charge on any atom is 0.416 e. The number of Topliss-reactive ketones (excluding diaryl/α,β-unsaturated/α-hetero) is 1. The van der Waals surface area contributed by atoms with Gasteiger partial charge in [-0.05, 0) is 54.8 Å². The number of halogens is 7. The van der Waals surface area contributed by atoms with Crippen LogP contribution >= 0.6 is 0 Å². The van der Waals surface area contributed by atoms with Crippen molar-refractivity contribution in [3.63, 3.8) is 0 Å². The predicted octanol–water partition coefficient (Wildman–Crippen LogP) is 6.94. The van der Waals surface area contributed by atoms with E-state index >= 15 is 0 Å². The van der Waals surface area contributed by atoms with Crippen LogP contribution in [0.25, 0.3) is 0 Å². The third-order valence-electron chi connectivity index (χ3n) is 6.93. The lowest BCUT2D eigenvalue weighted by atomic mass is 9.95. The van der Waals surface area contributed by atoms with Crippen molar-refractivity contribution < 1.29 is 40.3 Å². The van der Waals surface area contributed by atoms with E-state index in [2.05, 4.69) is 0 Å². The minimum Gasteiger partial charge on any atom is -0.371 e. The first-order valence-corrected chi connectivity index (χ1v) is 11.9. The maximum atomic E-state index is 13.6. The van der Waals surface area contributed by atoms with Gasteiger partial charge in [-0.15, -0.1) is 0 Å². The Balaban J connectivity index is 1.68. The molecule has 1 fully saturated rings. The zero-order valence-corrected chi connectivity index (χ0v) is 20.2. The zero-order valence-electron chi connectivity index (χ0n) is 20.2. The molecule has 38 heavy (non-hydrogen) atoms. The third-order valence-corrected chi connectivity index (χ3v) is 6.93. The number of ketones is 1. The molecular weight excluding hydrogens is 517 g/mol. The SMILES string of the molecule is C[C@@H](O[C@H]1CN(C2=C(CC#N)C(=O)CC2)C[C@@H]1c1ccc(F)cc1)c1cc(C(F)(F)F)cc(C(F)(F)F)c1. The summed E-state index contributed by atoms with van der Waals surface area (Å²) < 4.78 is 99.9. The topological polar surface area (TPSA) is 53.3 Å². The van der Waals surface area contributed by atoms with Crippen LogP contribution in [0.15, 0.2) is 53.7 Å². The highest BCUT2D eigenvalue weighted by Gasteiger charge is 2.41. The molecule has 0 spiro atoms. The van der Waals surface area contributed by atoms with E-state index in [1.165, 1.54) is 19.1 Å². The van der Waals surface area contributed by atoms with E-state index in [0.717, 1.165) is 0 Å². The molecule has 11 heteroatoms. The Morgan fingerprint density at radius 3 is 2.16 bits per heavy atom. The third kappa shape index (κ3) is 5.85. The summed E-state index contributed by atoms with van der Waals surface area (Å²) in [5.74, 6) is -1.03. The molecule has 0 saturated carbocycles. The highest BCUT2D eigenvalue weighted by atomic mass is 19.4. The van der Waals surface area contributed by atoms with Crippen molar-refractivity contribution in [2.24, 2.45) is 0 Å². The van der Waals surface area contributed by atoms with E-state index in [1.807, 2.05) is 11.0 Å². The highest BCUT2D eigenvalue weighted by Crippen LogP contribution is 2.41. The van der Waals surface area contributed by atoms with Gasteiger partial charge in [-0.2, -0.15) is 31.6 Å². The Bertz CT molecular complexity index is 1240. The van der Waals surface area contributed by atoms with Gasteiger partial charge in [0.1, 0.15) is 5.82 Å². The van der Waals surface area contributed by atoms with Crippen LogP contribution < -0.4 is 0 Å². The number of nitrogens with zero attached hydrogens (tertiary/aromatic N) is 2. The van der Waals surface area contributed by atoms with Crippen LogP contribution in [-0.4, -0.2) is 29.9 Å². The van der Waals surface area contributed by atoms with Gasteiger partial charge in [-0.1, -0.05) is 12.1 Å². The number of rotatable bonds is 6. The normalized spacial score (nSPS) is 21.2. The van der Waals surface area contributed by atoms with E-state index in [1.54, 1.807) is 12.1 Å². The van der Waals surface area contributed by atoms with Crippen LogP contribution in [0.2, 0.25) is 0 Å². The maximum absolute atomic E-state index is 13.6. The average Bonchev–Trinajstić information content (AvgIpc) is 3.42. The first kappa shape index (κ1) is 27.6. The van der Waals surface area contributed by atoms with Crippen LogP contribution in [-0.2, 0) is 21.9 Å². The molecule has 1 saturated heterocycles. The number of hydrogen-bond acceptors (Lipinski definition) is 4. The lowest BCUT2D eigenvalue weighted by Gasteiger charge is -2.25. The summed E-state index contributed by atoms with van der Waals surface area (Å²) in [6, 6.07) is 8.91. The summed E-state index contributed by atoms with van der Waals surface area (Å²) in [6.07, 6.45) is -11.2. The second-order valence-electron chi connectivity index (χ2n) is 9.40. The first-order valence-electron chi connectivity index (χ1n) is 11.9. The van der Waals surface area contributed by atoms with Gasteiger partial charge in [0.05, 0.1) is 35.8 Å². The molecule has 0 unspecified atom stereocenters. The quantitative estimate of drug-likeness (QED) is 0.373. The van der Waals surface area contributed by atoms with Gasteiger partial charge in [-0.3, -0.25) is 4.79 Å². The molecule has 4 nitrogen and oxygen atoms in total. The van der Waals surface area contributed by atoms with E-state index in [4.69, 9.17) is 10.00 Å². The summed E-state index contributed by atoms with van der Waals surface area (Å²) in [5, 5.41) is 9.14. The lowest BCUT2D eigenvalue weighted by molar-refractivity contribution is -0.143. The number of carbonyl (C=O) groups excluding carboxylic acids is 1. The second-order valence-corrected chi connectivity index (χ2v) is 9.40. The van der Waals surface area contributed by atoms with Crippen LogP contribution in [0.3, 0.4) is 0 Å². The molecule has 1 aliphatic carbocycles. The average molecular weight is 540 g/mol. The fourth-order valence-corrected chi connectivity index (χ4v) is 5.04. The summed E-state index contributed by atoms with van der Waals surface area (Å²) in [5.41, 5.74) is -1.41. The molecule has 3 atom stereocenters. The molecular formula is C27H23F7N2O2. The number of ether oxygens (including phenoxy) is 1. The summed E-state index contributed by atoms with van der Waals surface area (Å²) in [4.78, 5) is 14.2. The molecule has 202 valence electrons. The number of nitriles is 1. The van der Waals surface area contributed by atoms with Gasteiger partial charge in [0.25, 0.3) is 0 Å². The van der Waals surface area contributed by atoms with Gasteiger partial charge in [-0.25, -0.2) is 4.39 Å². The van der Waals surface area contributed by atoms with Crippen LogP contribution in [0, 0.1) is 17.1 Å².